The number of nitro groups is 1. The lowest BCUT2D eigenvalue weighted by Gasteiger charge is -1.76. The fourth-order valence-electron chi connectivity index (χ4n) is 0.374. The molecular weight excluding hydrogens is 150 g/mol. The Kier molecular flexibility index (Phi) is 4.15. The van der Waals surface area contributed by atoms with Gasteiger partial charge in [-0.25, -0.2) is 0 Å². The number of hydrogen-bond donors (Lipinski definition) is 0. The van der Waals surface area contributed by atoms with Gasteiger partial charge in [-0.15, -0.1) is 13.2 Å². The predicted octanol–water partition coefficient (Wildman–Crippen LogP) is 2.46. The second-order valence-corrected chi connectivity index (χ2v) is 2.13. The van der Waals surface area contributed by atoms with E-state index in [4.69, 9.17) is 0 Å². The molecule has 0 aliphatic rings. The van der Waals surface area contributed by atoms with Gasteiger partial charge in [0.2, 0.25) is 0 Å². The van der Waals surface area contributed by atoms with Crippen molar-refractivity contribution in [3.63, 3.8) is 0 Å². The minimum Gasteiger partial charge on any atom is -0.258 e. The molecule has 0 unspecified atom stereocenters. The third kappa shape index (κ3) is 2.41. The number of thiophene rings is 1. The Balaban J connectivity index is 0.000000371. The van der Waals surface area contributed by atoms with Gasteiger partial charge in [-0.1, -0.05) is 11.3 Å². The van der Waals surface area contributed by atoms with Crippen LogP contribution in [0, 0.1) is 10.1 Å². The smallest absolute Gasteiger partial charge is 0.258 e. The van der Waals surface area contributed by atoms with Gasteiger partial charge in [-0.2, -0.15) is 0 Å². The Hall–Kier alpha value is -1.16. The molecule has 0 aliphatic heterocycles. The third-order valence-electron chi connectivity index (χ3n) is 0.686. The van der Waals surface area contributed by atoms with Crippen LogP contribution in [0.5, 0.6) is 0 Å². The molecule has 1 aromatic rings. The van der Waals surface area contributed by atoms with E-state index >= 15 is 0 Å². The molecule has 0 N–H and O–H groups in total. The normalized spacial score (nSPS) is 7.60. The van der Waals surface area contributed by atoms with E-state index in [0.29, 0.717) is 0 Å². The van der Waals surface area contributed by atoms with Gasteiger partial charge < -0.3 is 0 Å². The van der Waals surface area contributed by atoms with E-state index in [-0.39, 0.29) is 5.00 Å². The summed E-state index contributed by atoms with van der Waals surface area (Å²) in [6.07, 6.45) is 0. The van der Waals surface area contributed by atoms with Crippen molar-refractivity contribution >= 4 is 16.3 Å². The Morgan fingerprint density at radius 3 is 2.40 bits per heavy atom. The Morgan fingerprint density at radius 1 is 1.60 bits per heavy atom. The zero-order valence-corrected chi connectivity index (χ0v) is 6.13. The van der Waals surface area contributed by atoms with E-state index in [1.807, 2.05) is 0 Å². The first-order valence-electron chi connectivity index (χ1n) is 2.48. The first-order chi connectivity index (χ1) is 4.80. The molecule has 54 valence electrons. The van der Waals surface area contributed by atoms with Gasteiger partial charge in [0, 0.05) is 6.07 Å². The summed E-state index contributed by atoms with van der Waals surface area (Å²) >= 11 is 1.13. The molecular formula is C6H7NO2S. The number of nitrogens with zero attached hydrogens (tertiary/aromatic N) is 1. The summed E-state index contributed by atoms with van der Waals surface area (Å²) < 4.78 is 0. The SMILES string of the molecule is C=C.O=[N+]([O-])c1cccs1. The largest absolute Gasteiger partial charge is 0.324 e. The minimum atomic E-state index is -0.398. The van der Waals surface area contributed by atoms with Gasteiger partial charge in [0.05, 0.1) is 4.92 Å². The fraction of sp³-hybridized carbons (Fsp3) is 0. The molecule has 4 heteroatoms. The lowest BCUT2D eigenvalue weighted by Crippen LogP contribution is -1.80. The first-order valence-corrected chi connectivity index (χ1v) is 3.36. The molecule has 1 rings (SSSR count). The maximum atomic E-state index is 9.88. The summed E-state index contributed by atoms with van der Waals surface area (Å²) in [7, 11) is 0. The summed E-state index contributed by atoms with van der Waals surface area (Å²) in [5.41, 5.74) is 0. The molecule has 0 saturated carbocycles. The van der Waals surface area contributed by atoms with Crippen LogP contribution in [0.15, 0.2) is 30.7 Å². The van der Waals surface area contributed by atoms with Crippen molar-refractivity contribution in [2.24, 2.45) is 0 Å². The highest BCUT2D eigenvalue weighted by Gasteiger charge is 2.01. The quantitative estimate of drug-likeness (QED) is 0.357. The van der Waals surface area contributed by atoms with Gasteiger partial charge in [0.25, 0.3) is 0 Å². The van der Waals surface area contributed by atoms with Crippen molar-refractivity contribution < 1.29 is 4.92 Å². The summed E-state index contributed by atoms with van der Waals surface area (Å²) in [4.78, 5) is 9.48. The monoisotopic (exact) mass is 157 g/mol. The minimum absolute atomic E-state index is 0.199. The standard InChI is InChI=1S/C4H3NO2S.C2H4/c6-5(7)4-2-1-3-8-4;1-2/h1-3H;1-2H2. The van der Waals surface area contributed by atoms with E-state index < -0.39 is 4.92 Å². The van der Waals surface area contributed by atoms with Crippen LogP contribution in [0.3, 0.4) is 0 Å². The zero-order valence-electron chi connectivity index (χ0n) is 5.32. The molecule has 0 aromatic carbocycles. The van der Waals surface area contributed by atoms with Crippen molar-refractivity contribution in [1.29, 1.82) is 0 Å². The molecule has 0 bridgehead atoms. The zero-order chi connectivity index (χ0) is 7.98. The Labute approximate surface area is 62.8 Å². The average molecular weight is 157 g/mol. The second-order valence-electron chi connectivity index (χ2n) is 1.21. The molecule has 0 fully saturated rings. The fourth-order valence-corrected chi connectivity index (χ4v) is 0.914. The first kappa shape index (κ1) is 8.84. The molecule has 0 amide bonds. The van der Waals surface area contributed by atoms with Gasteiger partial charge in [0.15, 0.2) is 0 Å². The number of hydrogen-bond acceptors (Lipinski definition) is 3. The predicted molar refractivity (Wildman–Crippen MR) is 42.2 cm³/mol. The van der Waals surface area contributed by atoms with Crippen molar-refractivity contribution in [2.45, 2.75) is 0 Å². The van der Waals surface area contributed by atoms with Crippen LogP contribution in [0.2, 0.25) is 0 Å². The van der Waals surface area contributed by atoms with Crippen LogP contribution in [-0.4, -0.2) is 4.92 Å². The second kappa shape index (κ2) is 4.69. The molecule has 3 nitrogen and oxygen atoms in total. The van der Waals surface area contributed by atoms with E-state index in [2.05, 4.69) is 13.2 Å². The summed E-state index contributed by atoms with van der Waals surface area (Å²) in [5.74, 6) is 0. The summed E-state index contributed by atoms with van der Waals surface area (Å²) in [6, 6.07) is 3.13. The van der Waals surface area contributed by atoms with Crippen LogP contribution in [-0.2, 0) is 0 Å². The van der Waals surface area contributed by atoms with Crippen molar-refractivity contribution in [2.75, 3.05) is 0 Å². The molecule has 0 aliphatic carbocycles. The lowest BCUT2D eigenvalue weighted by atomic mass is 10.6. The van der Waals surface area contributed by atoms with E-state index in [0.717, 1.165) is 11.3 Å². The highest BCUT2D eigenvalue weighted by molar-refractivity contribution is 7.13. The summed E-state index contributed by atoms with van der Waals surface area (Å²) in [5, 5.41) is 11.8. The van der Waals surface area contributed by atoms with Gasteiger partial charge in [-0.05, 0) is 11.4 Å². The molecule has 0 radical (unpaired) electrons. The average Bonchev–Trinajstić information content (AvgIpc) is 2.42. The molecule has 1 aromatic heterocycles. The van der Waals surface area contributed by atoms with Crippen molar-refractivity contribution in [3.05, 3.63) is 40.8 Å². The molecule has 1 heterocycles. The van der Waals surface area contributed by atoms with Crippen LogP contribution >= 0.6 is 11.3 Å². The third-order valence-corrected chi connectivity index (χ3v) is 1.51. The molecule has 10 heavy (non-hydrogen) atoms. The van der Waals surface area contributed by atoms with Gasteiger partial charge in [0.1, 0.15) is 0 Å². The van der Waals surface area contributed by atoms with Gasteiger partial charge >= 0.3 is 5.00 Å². The Morgan fingerprint density at radius 2 is 2.20 bits per heavy atom. The van der Waals surface area contributed by atoms with Crippen LogP contribution in [0.4, 0.5) is 5.00 Å². The van der Waals surface area contributed by atoms with E-state index in [1.54, 1.807) is 11.4 Å². The van der Waals surface area contributed by atoms with Crippen LogP contribution in [0.25, 0.3) is 0 Å². The van der Waals surface area contributed by atoms with Crippen molar-refractivity contribution in [3.8, 4) is 0 Å². The van der Waals surface area contributed by atoms with Crippen LogP contribution < -0.4 is 0 Å². The summed E-state index contributed by atoms with van der Waals surface area (Å²) in [6.45, 7) is 6.00. The molecule has 0 atom stereocenters. The van der Waals surface area contributed by atoms with Crippen LogP contribution in [0.1, 0.15) is 0 Å². The highest BCUT2D eigenvalue weighted by Crippen LogP contribution is 2.16. The maximum absolute atomic E-state index is 9.88. The number of rotatable bonds is 1. The van der Waals surface area contributed by atoms with Crippen molar-refractivity contribution in [1.82, 2.24) is 0 Å². The lowest BCUT2D eigenvalue weighted by molar-refractivity contribution is -0.380. The Bertz CT molecular complexity index is 196. The topological polar surface area (TPSA) is 43.1 Å². The van der Waals surface area contributed by atoms with E-state index in [1.165, 1.54) is 6.07 Å². The van der Waals surface area contributed by atoms with E-state index in [9.17, 15) is 10.1 Å². The molecule has 0 spiro atoms. The maximum Gasteiger partial charge on any atom is 0.324 e. The van der Waals surface area contributed by atoms with Gasteiger partial charge in [-0.3, -0.25) is 10.1 Å². The molecule has 0 saturated heterocycles. The highest BCUT2D eigenvalue weighted by atomic mass is 32.1.